The molecular formula is C58H99N3O14. The summed E-state index contributed by atoms with van der Waals surface area (Å²) in [7, 11) is 11.7. The number of rotatable bonds is 23. The Morgan fingerprint density at radius 1 is 0.920 bits per heavy atom. The van der Waals surface area contributed by atoms with E-state index in [1.165, 1.54) is 25.0 Å². The van der Waals surface area contributed by atoms with Gasteiger partial charge in [0, 0.05) is 84.1 Å². The largest absolute Gasteiger partial charge is 0.462 e. The molecule has 75 heavy (non-hydrogen) atoms. The Bertz CT molecular complexity index is 1840. The summed E-state index contributed by atoms with van der Waals surface area (Å²) in [6.07, 6.45) is 15.5. The number of ether oxygens (including phenoxy) is 7. The highest BCUT2D eigenvalue weighted by molar-refractivity contribution is 5.82. The van der Waals surface area contributed by atoms with E-state index in [1.807, 2.05) is 53.7 Å². The molecule has 0 aromatic carbocycles. The quantitative estimate of drug-likeness (QED) is 0.0394. The highest BCUT2D eigenvalue weighted by atomic mass is 16.6. The molecule has 0 saturated heterocycles. The number of esters is 4. The molecule has 0 bridgehead atoms. The van der Waals surface area contributed by atoms with E-state index >= 15 is 0 Å². The molecule has 0 fully saturated rings. The van der Waals surface area contributed by atoms with E-state index in [2.05, 4.69) is 25.2 Å². The molecule has 1 rings (SSSR count). The van der Waals surface area contributed by atoms with Crippen molar-refractivity contribution in [2.45, 2.75) is 182 Å². The average Bonchev–Trinajstić information content (AvgIpc) is 3.38. The van der Waals surface area contributed by atoms with Gasteiger partial charge in [0.1, 0.15) is 36.5 Å². The van der Waals surface area contributed by atoms with Gasteiger partial charge in [-0.3, -0.25) is 24.1 Å². The van der Waals surface area contributed by atoms with Crippen molar-refractivity contribution in [1.29, 1.82) is 0 Å². The van der Waals surface area contributed by atoms with Crippen molar-refractivity contribution in [2.75, 3.05) is 56.1 Å². The van der Waals surface area contributed by atoms with Crippen LogP contribution in [0.25, 0.3) is 0 Å². The van der Waals surface area contributed by atoms with Gasteiger partial charge in [0.25, 0.3) is 0 Å². The molecule has 17 atom stereocenters. The minimum atomic E-state index is -0.973. The zero-order valence-corrected chi connectivity index (χ0v) is 48.6. The van der Waals surface area contributed by atoms with E-state index in [-0.39, 0.29) is 55.3 Å². The summed E-state index contributed by atoms with van der Waals surface area (Å²) in [5, 5.41) is 26.6. The fraction of sp³-hybridized carbons (Fsp3) is 0.741. The van der Waals surface area contributed by atoms with Gasteiger partial charge in [0.2, 0.25) is 6.41 Å². The first-order chi connectivity index (χ1) is 35.4. The molecular weight excluding hydrogens is 963 g/mol. The predicted molar refractivity (Wildman–Crippen MR) is 292 cm³/mol. The highest BCUT2D eigenvalue weighted by Gasteiger charge is 2.37. The average molecular weight is 1060 g/mol. The Morgan fingerprint density at radius 2 is 1.60 bits per heavy atom. The van der Waals surface area contributed by atoms with E-state index in [4.69, 9.17) is 33.2 Å². The number of nitrogens with zero attached hydrogens (tertiary/aromatic N) is 2. The fourth-order valence-electron chi connectivity index (χ4n) is 9.30. The van der Waals surface area contributed by atoms with Crippen LogP contribution in [0, 0.1) is 41.4 Å². The number of aliphatic hydroxyl groups excluding tert-OH is 2. The van der Waals surface area contributed by atoms with Crippen LogP contribution in [0.2, 0.25) is 0 Å². The third kappa shape index (κ3) is 25.2. The number of hydrogen-bond acceptors (Lipinski definition) is 16. The zero-order chi connectivity index (χ0) is 56.9. The molecule has 1 aliphatic heterocycles. The topological polar surface area (TPSA) is 209 Å². The van der Waals surface area contributed by atoms with Gasteiger partial charge < -0.3 is 53.6 Å². The van der Waals surface area contributed by atoms with Gasteiger partial charge >= 0.3 is 23.9 Å². The summed E-state index contributed by atoms with van der Waals surface area (Å²) in [5.41, 5.74) is 1.10. The van der Waals surface area contributed by atoms with Gasteiger partial charge in [0.15, 0.2) is 0 Å². The first kappa shape index (κ1) is 68.8. The summed E-state index contributed by atoms with van der Waals surface area (Å²) >= 11 is 0. The number of hydrogen-bond donors (Lipinski definition) is 3. The molecule has 0 aromatic heterocycles. The van der Waals surface area contributed by atoms with Crippen LogP contribution in [0.1, 0.15) is 121 Å². The van der Waals surface area contributed by atoms with E-state index in [9.17, 15) is 34.2 Å². The van der Waals surface area contributed by atoms with Gasteiger partial charge in [-0.1, -0.05) is 91.0 Å². The number of allylic oxidation sites excluding steroid dienone is 3. The maximum atomic E-state index is 13.6. The Kier molecular flexibility index (Phi) is 33.7. The maximum absolute atomic E-state index is 13.6. The summed E-state index contributed by atoms with van der Waals surface area (Å²) in [4.78, 5) is 67.2. The molecule has 1 amide bonds. The van der Waals surface area contributed by atoms with Crippen molar-refractivity contribution >= 4 is 30.3 Å². The van der Waals surface area contributed by atoms with Crippen molar-refractivity contribution < 1.29 is 67.3 Å². The number of likely N-dealkylation sites (N-methyl/N-ethyl adjacent to an activating group) is 2. The number of carbonyl (C=O) groups is 5. The van der Waals surface area contributed by atoms with Gasteiger partial charge in [-0.05, 0) is 96.8 Å². The fourth-order valence-corrected chi connectivity index (χ4v) is 9.30. The summed E-state index contributed by atoms with van der Waals surface area (Å²) < 4.78 is 41.3. The predicted octanol–water partition coefficient (Wildman–Crippen LogP) is 7.39. The molecule has 17 nitrogen and oxygen atoms in total. The van der Waals surface area contributed by atoms with Crippen LogP contribution in [-0.4, -0.2) is 167 Å². The number of methoxy groups -OCH3 is 3. The summed E-state index contributed by atoms with van der Waals surface area (Å²) in [6.45, 7) is 18.7. The minimum absolute atomic E-state index is 0.128. The molecule has 0 aromatic rings. The lowest BCUT2D eigenvalue weighted by Gasteiger charge is -2.35. The Labute approximate surface area is 450 Å². The third-order valence-electron chi connectivity index (χ3n) is 14.9. The monoisotopic (exact) mass is 1060 g/mol. The van der Waals surface area contributed by atoms with Crippen LogP contribution in [-0.2, 0) is 57.1 Å². The zero-order valence-electron chi connectivity index (χ0n) is 48.6. The van der Waals surface area contributed by atoms with Crippen LogP contribution >= 0.6 is 0 Å². The molecule has 1 heterocycles. The van der Waals surface area contributed by atoms with Crippen molar-refractivity contribution in [1.82, 2.24) is 15.1 Å². The Balaban J connectivity index is 3.67. The van der Waals surface area contributed by atoms with Crippen LogP contribution in [0.4, 0.5) is 0 Å². The second-order valence-corrected chi connectivity index (χ2v) is 21.3. The molecule has 0 saturated carbocycles. The smallest absolute Gasteiger partial charge is 0.331 e. The molecule has 430 valence electrons. The van der Waals surface area contributed by atoms with Crippen molar-refractivity contribution in [3.63, 3.8) is 0 Å². The van der Waals surface area contributed by atoms with E-state index in [1.54, 1.807) is 84.7 Å². The lowest BCUT2D eigenvalue weighted by Crippen LogP contribution is -2.44. The standard InChI is InChI=1S/C58H99N3O14/c1-37-26-27-38(2)49(71-17)30-28-39(3)55(66)43(7)51(75-58(68)48(35-69-15)60(12)13)23-19-18-20-25-53(64)73-50(24-21-22-47(34-37)70-16)42(6)54(65)40(4)29-31-52(74-57(67)45(9)59-11)44(8)56(72-46(10)63)41(5)32-33-61(14)36-62/h18-22,25,27,32-33,36-37,39-45,47-52,54-56,59,65-66H,23-24,26,28-31,34-35H2,1-17H3/b19-18+,22-21+,25-20+,33-32+,38-27+/t37-,39-,40+,41-,42-,43-,44+,45+,47+,48+,49?,50+,51?,52-,54+,55-,56-/m1/s1. The molecule has 17 heteroatoms. The number of carbonyl (C=O) groups excluding carboxylic acids is 5. The van der Waals surface area contributed by atoms with E-state index < -0.39 is 90.3 Å². The number of amides is 1. The molecule has 1 aliphatic rings. The molecule has 0 spiro atoms. The lowest BCUT2D eigenvalue weighted by molar-refractivity contribution is -0.164. The first-order valence-corrected chi connectivity index (χ1v) is 26.9. The lowest BCUT2D eigenvalue weighted by atomic mass is 9.82. The minimum Gasteiger partial charge on any atom is -0.462 e. The van der Waals surface area contributed by atoms with Crippen LogP contribution in [0.15, 0.2) is 60.4 Å². The van der Waals surface area contributed by atoms with E-state index in [0.717, 1.165) is 18.4 Å². The first-order valence-electron chi connectivity index (χ1n) is 26.9. The second kappa shape index (κ2) is 36.7. The number of nitrogens with one attached hydrogen (secondary N) is 1. The third-order valence-corrected chi connectivity index (χ3v) is 14.9. The van der Waals surface area contributed by atoms with Gasteiger partial charge in [-0.15, -0.1) is 0 Å². The van der Waals surface area contributed by atoms with E-state index in [0.29, 0.717) is 32.1 Å². The normalized spacial score (nSPS) is 28.7. The van der Waals surface area contributed by atoms with Crippen LogP contribution < -0.4 is 5.32 Å². The van der Waals surface area contributed by atoms with Crippen LogP contribution in [0.3, 0.4) is 0 Å². The Morgan fingerprint density at radius 3 is 2.19 bits per heavy atom. The molecule has 3 N–H and O–H groups in total. The van der Waals surface area contributed by atoms with Gasteiger partial charge in [-0.25, -0.2) is 4.79 Å². The van der Waals surface area contributed by atoms with Gasteiger partial charge in [-0.2, -0.15) is 0 Å². The van der Waals surface area contributed by atoms with Crippen molar-refractivity contribution in [2.24, 2.45) is 41.4 Å². The molecule has 0 aliphatic carbocycles. The highest BCUT2D eigenvalue weighted by Crippen LogP contribution is 2.32. The molecule has 2 unspecified atom stereocenters. The Hall–Kier alpha value is -4.23. The van der Waals surface area contributed by atoms with Gasteiger partial charge in [0.05, 0.1) is 31.0 Å². The van der Waals surface area contributed by atoms with Crippen molar-refractivity contribution in [3.8, 4) is 0 Å². The SMILES string of the molecule is CN[C@@H](C)C(=O)O[C@H](CC[C@H](C)[C@H](O)[C@H](C)[C@@H]1C/C=C/[C@H](OC)C[C@H](C)C/C=C(\C)C(OC)CC[C@@H](C)[C@@H](O)[C@H](C)C(OC(=O)[C@H](COC)N(C)C)C/C=C/C=C/C(=O)O1)[C@H](C)[C@H](OC(C)=O)[C@H](C)/C=C/N(C)C=O. The maximum Gasteiger partial charge on any atom is 0.331 e. The molecule has 0 radical (unpaired) electrons. The number of cyclic esters (lactones) is 1. The second-order valence-electron chi connectivity index (χ2n) is 21.3. The van der Waals surface area contributed by atoms with Crippen LogP contribution in [0.5, 0.6) is 0 Å². The number of aliphatic hydroxyl groups is 2. The summed E-state index contributed by atoms with van der Waals surface area (Å²) in [5.74, 6) is -4.25. The van der Waals surface area contributed by atoms with Crippen molar-refractivity contribution in [3.05, 3.63) is 60.4 Å². The summed E-state index contributed by atoms with van der Waals surface area (Å²) in [6, 6.07) is -1.28.